The third-order valence-electron chi connectivity index (χ3n) is 5.80. The fourth-order valence-electron chi connectivity index (χ4n) is 4.18. The van der Waals surface area contributed by atoms with Gasteiger partial charge in [-0.25, -0.2) is 18.7 Å². The molecule has 2 unspecified atom stereocenters. The number of amides is 1. The van der Waals surface area contributed by atoms with E-state index in [2.05, 4.69) is 25.1 Å². The van der Waals surface area contributed by atoms with Crippen molar-refractivity contribution in [3.8, 4) is 0 Å². The van der Waals surface area contributed by atoms with Crippen molar-refractivity contribution < 1.29 is 13.6 Å². The van der Waals surface area contributed by atoms with Crippen LogP contribution in [0.1, 0.15) is 12.1 Å². The second kappa shape index (κ2) is 7.63. The van der Waals surface area contributed by atoms with Crippen LogP contribution in [0.15, 0.2) is 12.3 Å². The van der Waals surface area contributed by atoms with E-state index in [1.54, 1.807) is 6.20 Å². The molecule has 148 valence electrons. The van der Waals surface area contributed by atoms with Crippen LogP contribution in [-0.4, -0.2) is 95.9 Å². The average molecular weight is 380 g/mol. The van der Waals surface area contributed by atoms with Crippen LogP contribution in [0.25, 0.3) is 0 Å². The van der Waals surface area contributed by atoms with Crippen molar-refractivity contribution in [2.24, 2.45) is 0 Å². The number of anilines is 1. The molecule has 0 bridgehead atoms. The lowest BCUT2D eigenvalue weighted by atomic mass is 10.1. The minimum absolute atomic E-state index is 0.127. The number of halogens is 2. The molecule has 1 N–H and O–H groups in total. The number of nitrogens with one attached hydrogen (secondary N) is 1. The molecule has 1 aromatic rings. The molecule has 7 nitrogen and oxygen atoms in total. The fraction of sp³-hybridized carbons (Fsp3) is 0.722. The highest BCUT2D eigenvalue weighted by atomic mass is 19.2. The zero-order chi connectivity index (χ0) is 19.0. The third kappa shape index (κ3) is 3.89. The number of nitrogens with zero attached hydrogens (tertiary/aromatic N) is 5. The van der Waals surface area contributed by atoms with E-state index in [-0.39, 0.29) is 31.1 Å². The van der Waals surface area contributed by atoms with Gasteiger partial charge in [0, 0.05) is 50.7 Å². The van der Waals surface area contributed by atoms with Gasteiger partial charge in [0.2, 0.25) is 11.9 Å². The second-order valence-electron chi connectivity index (χ2n) is 7.65. The molecular weight excluding hydrogens is 354 g/mol. The normalized spacial score (nSPS) is 32.3. The highest BCUT2D eigenvalue weighted by molar-refractivity contribution is 5.82. The Bertz CT molecular complexity index is 674. The topological polar surface area (TPSA) is 64.6 Å². The Morgan fingerprint density at radius 2 is 1.89 bits per heavy atom. The monoisotopic (exact) mass is 380 g/mol. The number of rotatable bonds is 3. The summed E-state index contributed by atoms with van der Waals surface area (Å²) >= 11 is 0. The lowest BCUT2D eigenvalue weighted by Gasteiger charge is -2.37. The van der Waals surface area contributed by atoms with Crippen LogP contribution in [0.2, 0.25) is 0 Å². The minimum atomic E-state index is -1.55. The molecule has 4 atom stereocenters. The smallest absolute Gasteiger partial charge is 0.239 e. The molecule has 0 aliphatic carbocycles. The van der Waals surface area contributed by atoms with Crippen molar-refractivity contribution in [3.63, 3.8) is 0 Å². The zero-order valence-electron chi connectivity index (χ0n) is 15.5. The van der Waals surface area contributed by atoms with Gasteiger partial charge in [0.25, 0.3) is 0 Å². The summed E-state index contributed by atoms with van der Waals surface area (Å²) < 4.78 is 26.7. The van der Waals surface area contributed by atoms with Gasteiger partial charge in [-0.05, 0) is 19.4 Å². The molecule has 3 fully saturated rings. The van der Waals surface area contributed by atoms with Gasteiger partial charge >= 0.3 is 0 Å². The Balaban J connectivity index is 1.28. The molecule has 0 radical (unpaired) electrons. The Morgan fingerprint density at radius 3 is 2.56 bits per heavy atom. The Kier molecular flexibility index (Phi) is 5.23. The molecule has 3 saturated heterocycles. The van der Waals surface area contributed by atoms with Gasteiger partial charge < -0.3 is 15.1 Å². The van der Waals surface area contributed by atoms with E-state index in [0.29, 0.717) is 6.42 Å². The molecule has 0 spiro atoms. The predicted octanol–water partition coefficient (Wildman–Crippen LogP) is 0.156. The van der Waals surface area contributed by atoms with Gasteiger partial charge in [-0.2, -0.15) is 0 Å². The van der Waals surface area contributed by atoms with Crippen molar-refractivity contribution in [3.05, 3.63) is 18.0 Å². The number of aryl methyl sites for hydroxylation is 1. The third-order valence-corrected chi connectivity index (χ3v) is 5.80. The summed E-state index contributed by atoms with van der Waals surface area (Å²) in [6, 6.07) is 1.81. The number of alkyl halides is 2. The van der Waals surface area contributed by atoms with Crippen LogP contribution in [0.4, 0.5) is 14.7 Å². The first kappa shape index (κ1) is 18.5. The van der Waals surface area contributed by atoms with E-state index in [1.807, 2.05) is 13.0 Å². The molecular formula is C18H26F2N6O. The standard InChI is InChI=1S/C18H26F2N6O/c1-12-2-3-21-18(23-12)25-6-4-24(5-7-25)13-8-16(22-9-13)17(27)26-10-14(19)15(20)11-26/h2-3,13-16,22H,4-11H2,1H3/t13-,14?,15?,16-/m0/s1. The first-order valence-electron chi connectivity index (χ1n) is 9.60. The summed E-state index contributed by atoms with van der Waals surface area (Å²) in [6.07, 6.45) is -0.640. The maximum atomic E-state index is 13.4. The van der Waals surface area contributed by atoms with Crippen LogP contribution >= 0.6 is 0 Å². The van der Waals surface area contributed by atoms with Crippen LogP contribution < -0.4 is 10.2 Å². The number of hydrogen-bond acceptors (Lipinski definition) is 6. The molecule has 4 rings (SSSR count). The van der Waals surface area contributed by atoms with Gasteiger partial charge in [-0.3, -0.25) is 9.69 Å². The number of hydrogen-bond donors (Lipinski definition) is 1. The summed E-state index contributed by atoms with van der Waals surface area (Å²) in [5, 5.41) is 3.24. The number of likely N-dealkylation sites (tertiary alicyclic amines) is 1. The summed E-state index contributed by atoms with van der Waals surface area (Å²) in [5.41, 5.74) is 0.955. The number of piperazine rings is 1. The van der Waals surface area contributed by atoms with E-state index in [4.69, 9.17) is 0 Å². The van der Waals surface area contributed by atoms with Crippen molar-refractivity contribution in [2.45, 2.75) is 37.8 Å². The van der Waals surface area contributed by atoms with Crippen LogP contribution in [0, 0.1) is 6.92 Å². The Hall–Kier alpha value is -1.87. The molecule has 4 heterocycles. The highest BCUT2D eigenvalue weighted by Crippen LogP contribution is 2.22. The maximum absolute atomic E-state index is 13.4. The summed E-state index contributed by atoms with van der Waals surface area (Å²) in [6.45, 7) is 5.88. The van der Waals surface area contributed by atoms with Crippen molar-refractivity contribution in [2.75, 3.05) is 50.7 Å². The van der Waals surface area contributed by atoms with Gasteiger partial charge in [0.15, 0.2) is 12.3 Å². The molecule has 9 heteroatoms. The number of carbonyl (C=O) groups excluding carboxylic acids is 1. The van der Waals surface area contributed by atoms with Gasteiger partial charge in [-0.1, -0.05) is 0 Å². The summed E-state index contributed by atoms with van der Waals surface area (Å²) in [4.78, 5) is 27.2. The lowest BCUT2D eigenvalue weighted by Crippen LogP contribution is -2.51. The fourth-order valence-corrected chi connectivity index (χ4v) is 4.18. The average Bonchev–Trinajstić information content (AvgIpc) is 3.29. The lowest BCUT2D eigenvalue weighted by molar-refractivity contribution is -0.132. The van der Waals surface area contributed by atoms with E-state index >= 15 is 0 Å². The van der Waals surface area contributed by atoms with Crippen LogP contribution in [0.5, 0.6) is 0 Å². The van der Waals surface area contributed by atoms with Crippen LogP contribution in [0.3, 0.4) is 0 Å². The first-order chi connectivity index (χ1) is 13.0. The minimum Gasteiger partial charge on any atom is -0.338 e. The van der Waals surface area contributed by atoms with E-state index < -0.39 is 12.3 Å². The summed E-state index contributed by atoms with van der Waals surface area (Å²) in [5.74, 6) is 0.593. The van der Waals surface area contributed by atoms with Gasteiger partial charge in [0.1, 0.15) is 0 Å². The van der Waals surface area contributed by atoms with Crippen LogP contribution in [-0.2, 0) is 4.79 Å². The van der Waals surface area contributed by atoms with E-state index in [0.717, 1.165) is 44.4 Å². The Labute approximate surface area is 157 Å². The van der Waals surface area contributed by atoms with E-state index in [9.17, 15) is 13.6 Å². The number of aromatic nitrogens is 2. The zero-order valence-corrected chi connectivity index (χ0v) is 15.5. The quantitative estimate of drug-likeness (QED) is 0.806. The van der Waals surface area contributed by atoms with Gasteiger partial charge in [-0.15, -0.1) is 0 Å². The first-order valence-corrected chi connectivity index (χ1v) is 9.60. The summed E-state index contributed by atoms with van der Waals surface area (Å²) in [7, 11) is 0. The largest absolute Gasteiger partial charge is 0.338 e. The molecule has 3 aliphatic rings. The van der Waals surface area contributed by atoms with Crippen molar-refractivity contribution in [1.82, 2.24) is 25.1 Å². The molecule has 0 saturated carbocycles. The second-order valence-corrected chi connectivity index (χ2v) is 7.65. The SMILES string of the molecule is Cc1ccnc(N2CCN([C@@H]3CN[C@H](C(=O)N4CC(F)C(F)C4)C3)CC2)n1. The predicted molar refractivity (Wildman–Crippen MR) is 97.1 cm³/mol. The number of carbonyl (C=O) groups is 1. The maximum Gasteiger partial charge on any atom is 0.239 e. The molecule has 27 heavy (non-hydrogen) atoms. The molecule has 3 aliphatic heterocycles. The van der Waals surface area contributed by atoms with E-state index in [1.165, 1.54) is 4.90 Å². The van der Waals surface area contributed by atoms with Crippen molar-refractivity contribution >= 4 is 11.9 Å². The molecule has 0 aromatic carbocycles. The molecule has 1 amide bonds. The van der Waals surface area contributed by atoms with Crippen molar-refractivity contribution in [1.29, 1.82) is 0 Å². The van der Waals surface area contributed by atoms with Gasteiger partial charge in [0.05, 0.1) is 19.1 Å². The highest BCUT2D eigenvalue weighted by Gasteiger charge is 2.41. The molecule has 1 aromatic heterocycles. The Morgan fingerprint density at radius 1 is 1.19 bits per heavy atom.